The van der Waals surface area contributed by atoms with E-state index in [1.165, 1.54) is 38.9 Å². The van der Waals surface area contributed by atoms with E-state index < -0.39 is 0 Å². The second-order valence-corrected chi connectivity index (χ2v) is 7.15. The lowest BCUT2D eigenvalue weighted by molar-refractivity contribution is 0.0782. The smallest absolute Gasteiger partial charge is 0.0540 e. The Balaban J connectivity index is 1.86. The van der Waals surface area contributed by atoms with E-state index in [2.05, 4.69) is 31.0 Å². The van der Waals surface area contributed by atoms with Gasteiger partial charge < -0.3 is 15.3 Å². The first-order valence-electron chi connectivity index (χ1n) is 8.23. The average molecular weight is 268 g/mol. The molecule has 1 saturated carbocycles. The van der Waals surface area contributed by atoms with Crippen molar-refractivity contribution in [3.63, 3.8) is 0 Å². The van der Waals surface area contributed by atoms with Crippen LogP contribution in [-0.4, -0.2) is 47.8 Å². The van der Waals surface area contributed by atoms with E-state index in [9.17, 15) is 5.11 Å². The summed E-state index contributed by atoms with van der Waals surface area (Å²) in [5.41, 5.74) is 0. The summed E-state index contributed by atoms with van der Waals surface area (Å²) in [6.45, 7) is 10.3. The minimum atomic E-state index is -0.106. The van der Waals surface area contributed by atoms with Gasteiger partial charge >= 0.3 is 0 Å². The van der Waals surface area contributed by atoms with Crippen LogP contribution in [0.3, 0.4) is 0 Å². The van der Waals surface area contributed by atoms with Crippen molar-refractivity contribution in [1.29, 1.82) is 0 Å². The van der Waals surface area contributed by atoms with Gasteiger partial charge in [-0.25, -0.2) is 0 Å². The molecule has 3 nitrogen and oxygen atoms in total. The molecular formula is C16H32N2O. The number of likely N-dealkylation sites (tertiary alicyclic amines) is 1. The molecule has 0 bridgehead atoms. The van der Waals surface area contributed by atoms with E-state index in [1.54, 1.807) is 0 Å². The molecule has 2 rings (SSSR count). The van der Waals surface area contributed by atoms with E-state index in [-0.39, 0.29) is 6.10 Å². The first kappa shape index (κ1) is 15.3. The van der Waals surface area contributed by atoms with Gasteiger partial charge in [-0.2, -0.15) is 0 Å². The lowest BCUT2D eigenvalue weighted by Gasteiger charge is -2.39. The summed E-state index contributed by atoms with van der Waals surface area (Å²) >= 11 is 0. The molecular weight excluding hydrogens is 236 g/mol. The van der Waals surface area contributed by atoms with Crippen LogP contribution in [-0.2, 0) is 0 Å². The van der Waals surface area contributed by atoms with Gasteiger partial charge in [-0.1, -0.05) is 20.8 Å². The van der Waals surface area contributed by atoms with Crippen LogP contribution in [0.4, 0.5) is 0 Å². The molecule has 0 radical (unpaired) electrons. The molecule has 3 heteroatoms. The molecule has 3 atom stereocenters. The molecule has 1 aliphatic carbocycles. The number of nitrogens with one attached hydrogen (secondary N) is 1. The maximum absolute atomic E-state index is 9.92. The fraction of sp³-hybridized carbons (Fsp3) is 1.00. The fourth-order valence-electron chi connectivity index (χ4n) is 3.39. The molecule has 0 aromatic carbocycles. The number of hydrogen-bond donors (Lipinski definition) is 2. The van der Waals surface area contributed by atoms with Gasteiger partial charge in [-0.05, 0) is 43.9 Å². The van der Waals surface area contributed by atoms with Crippen molar-refractivity contribution in [2.45, 2.75) is 71.1 Å². The summed E-state index contributed by atoms with van der Waals surface area (Å²) in [6, 6.07) is 1.44. The molecule has 2 aliphatic rings. The fourth-order valence-corrected chi connectivity index (χ4v) is 3.39. The molecule has 2 N–H and O–H groups in total. The zero-order valence-corrected chi connectivity index (χ0v) is 12.9. The average Bonchev–Trinajstić information content (AvgIpc) is 3.11. The summed E-state index contributed by atoms with van der Waals surface area (Å²) in [7, 11) is 0. The third-order valence-corrected chi connectivity index (χ3v) is 4.36. The zero-order valence-electron chi connectivity index (χ0n) is 12.9. The Morgan fingerprint density at radius 1 is 1.21 bits per heavy atom. The van der Waals surface area contributed by atoms with E-state index in [0.717, 1.165) is 24.8 Å². The van der Waals surface area contributed by atoms with Crippen molar-refractivity contribution in [3.8, 4) is 0 Å². The third-order valence-electron chi connectivity index (χ3n) is 4.36. The SMILES string of the molecule is CCC(O)CC1CC(NC2CC2)CN(CC(C)C)C1. The van der Waals surface area contributed by atoms with E-state index >= 15 is 0 Å². The number of nitrogens with zero attached hydrogens (tertiary/aromatic N) is 1. The Hall–Kier alpha value is -0.120. The molecule has 2 fully saturated rings. The highest BCUT2D eigenvalue weighted by molar-refractivity contribution is 4.90. The Kier molecular flexibility index (Phi) is 5.67. The monoisotopic (exact) mass is 268 g/mol. The molecule has 0 aromatic rings. The Morgan fingerprint density at radius 2 is 1.95 bits per heavy atom. The second-order valence-electron chi connectivity index (χ2n) is 7.15. The van der Waals surface area contributed by atoms with Crippen LogP contribution in [0.5, 0.6) is 0 Å². The van der Waals surface area contributed by atoms with Gasteiger partial charge in [0.25, 0.3) is 0 Å². The lowest BCUT2D eigenvalue weighted by atomic mass is 9.88. The lowest BCUT2D eigenvalue weighted by Crippen LogP contribution is -2.51. The molecule has 1 aliphatic heterocycles. The number of rotatable bonds is 7. The highest BCUT2D eigenvalue weighted by Crippen LogP contribution is 2.26. The molecule has 112 valence electrons. The highest BCUT2D eigenvalue weighted by Gasteiger charge is 2.32. The number of aliphatic hydroxyl groups excluding tert-OH is 1. The second kappa shape index (κ2) is 7.05. The van der Waals surface area contributed by atoms with E-state index in [1.807, 2.05) is 0 Å². The number of hydrogen-bond acceptors (Lipinski definition) is 3. The van der Waals surface area contributed by atoms with Crippen LogP contribution >= 0.6 is 0 Å². The van der Waals surface area contributed by atoms with Gasteiger partial charge in [-0.3, -0.25) is 0 Å². The first-order valence-corrected chi connectivity index (χ1v) is 8.23. The summed E-state index contributed by atoms with van der Waals surface area (Å²) in [6.07, 6.45) is 5.74. The summed E-state index contributed by atoms with van der Waals surface area (Å²) < 4.78 is 0. The molecule has 0 amide bonds. The van der Waals surface area contributed by atoms with Crippen LogP contribution < -0.4 is 5.32 Å². The molecule has 0 aromatic heterocycles. The molecule has 1 saturated heterocycles. The maximum Gasteiger partial charge on any atom is 0.0540 e. The Labute approximate surface area is 118 Å². The van der Waals surface area contributed by atoms with Gasteiger partial charge in [0.15, 0.2) is 0 Å². The summed E-state index contributed by atoms with van der Waals surface area (Å²) in [4.78, 5) is 2.61. The predicted molar refractivity (Wildman–Crippen MR) is 80.2 cm³/mol. The van der Waals surface area contributed by atoms with Crippen molar-refractivity contribution in [2.75, 3.05) is 19.6 Å². The summed E-state index contributed by atoms with van der Waals surface area (Å²) in [5, 5.41) is 13.7. The quantitative estimate of drug-likeness (QED) is 0.743. The molecule has 0 spiro atoms. The molecule has 3 unspecified atom stereocenters. The van der Waals surface area contributed by atoms with Gasteiger partial charge in [0.1, 0.15) is 0 Å². The van der Waals surface area contributed by atoms with Crippen LogP contribution in [0.2, 0.25) is 0 Å². The Morgan fingerprint density at radius 3 is 2.53 bits per heavy atom. The van der Waals surface area contributed by atoms with Crippen molar-refractivity contribution < 1.29 is 5.11 Å². The van der Waals surface area contributed by atoms with E-state index in [0.29, 0.717) is 12.0 Å². The standard InChI is InChI=1S/C16H32N2O/c1-4-16(19)8-13-7-15(17-14-5-6-14)11-18(10-13)9-12(2)3/h12-17,19H,4-11H2,1-3H3. The van der Waals surface area contributed by atoms with Gasteiger partial charge in [-0.15, -0.1) is 0 Å². The zero-order chi connectivity index (χ0) is 13.8. The Bertz CT molecular complexity index is 253. The van der Waals surface area contributed by atoms with Gasteiger partial charge in [0, 0.05) is 31.7 Å². The number of aliphatic hydroxyl groups is 1. The summed E-state index contributed by atoms with van der Waals surface area (Å²) in [5.74, 6) is 1.40. The minimum absolute atomic E-state index is 0.106. The van der Waals surface area contributed by atoms with Crippen LogP contribution in [0.15, 0.2) is 0 Å². The van der Waals surface area contributed by atoms with E-state index in [4.69, 9.17) is 0 Å². The third kappa shape index (κ3) is 5.41. The van der Waals surface area contributed by atoms with Gasteiger partial charge in [0.2, 0.25) is 0 Å². The minimum Gasteiger partial charge on any atom is -0.393 e. The highest BCUT2D eigenvalue weighted by atomic mass is 16.3. The van der Waals surface area contributed by atoms with Crippen molar-refractivity contribution in [2.24, 2.45) is 11.8 Å². The van der Waals surface area contributed by atoms with Gasteiger partial charge in [0.05, 0.1) is 6.10 Å². The van der Waals surface area contributed by atoms with Crippen LogP contribution in [0.1, 0.15) is 52.9 Å². The van der Waals surface area contributed by atoms with Crippen molar-refractivity contribution in [1.82, 2.24) is 10.2 Å². The number of piperidine rings is 1. The first-order chi connectivity index (χ1) is 9.06. The van der Waals surface area contributed by atoms with Crippen molar-refractivity contribution in [3.05, 3.63) is 0 Å². The normalized spacial score (nSPS) is 30.8. The predicted octanol–water partition coefficient (Wildman–Crippen LogP) is 2.25. The van der Waals surface area contributed by atoms with Crippen LogP contribution in [0.25, 0.3) is 0 Å². The molecule has 19 heavy (non-hydrogen) atoms. The topological polar surface area (TPSA) is 35.5 Å². The van der Waals surface area contributed by atoms with Crippen LogP contribution in [0, 0.1) is 11.8 Å². The van der Waals surface area contributed by atoms with Crippen molar-refractivity contribution >= 4 is 0 Å². The largest absolute Gasteiger partial charge is 0.393 e. The molecule has 1 heterocycles. The maximum atomic E-state index is 9.92.